The molecule has 0 aliphatic rings. The fraction of sp³-hybridized carbons (Fsp3) is 0.208. The number of alkyl halides is 3. The highest BCUT2D eigenvalue weighted by Crippen LogP contribution is 2.30. The van der Waals surface area contributed by atoms with Crippen molar-refractivity contribution in [2.75, 3.05) is 6.54 Å². The van der Waals surface area contributed by atoms with Gasteiger partial charge in [-0.3, -0.25) is 0 Å². The van der Waals surface area contributed by atoms with Gasteiger partial charge in [-0.15, -0.1) is 0 Å². The molecule has 0 aliphatic carbocycles. The molecule has 3 nitrogen and oxygen atoms in total. The fourth-order valence-electron chi connectivity index (χ4n) is 3.12. The normalized spacial score (nSPS) is 12.3. The third-order valence-electron chi connectivity index (χ3n) is 4.94. The average molecular weight is 447 g/mol. The van der Waals surface area contributed by atoms with E-state index >= 15 is 0 Å². The molecule has 7 heteroatoms. The molecule has 1 N–H and O–H groups in total. The number of hydrogen-bond donors (Lipinski definition) is 1. The number of sulfonamides is 1. The quantitative estimate of drug-likeness (QED) is 0.496. The van der Waals surface area contributed by atoms with E-state index in [-0.39, 0.29) is 12.5 Å². The van der Waals surface area contributed by atoms with Crippen LogP contribution in [0.4, 0.5) is 13.2 Å². The Bertz CT molecular complexity index is 1120. The second-order valence-corrected chi connectivity index (χ2v) is 9.16. The molecule has 0 fully saturated rings. The molecule has 163 valence electrons. The molecule has 3 aromatic carbocycles. The Morgan fingerprint density at radius 3 is 2.06 bits per heavy atom. The average Bonchev–Trinajstić information content (AvgIpc) is 2.74. The second-order valence-electron chi connectivity index (χ2n) is 7.39. The molecule has 0 heterocycles. The first kappa shape index (κ1) is 23.0. The summed E-state index contributed by atoms with van der Waals surface area (Å²) >= 11 is 0. The van der Waals surface area contributed by atoms with E-state index in [0.29, 0.717) is 12.5 Å². The van der Waals surface area contributed by atoms with Crippen LogP contribution >= 0.6 is 0 Å². The zero-order valence-electron chi connectivity index (χ0n) is 17.0. The summed E-state index contributed by atoms with van der Waals surface area (Å²) in [5.74, 6) is 0.219. The van der Waals surface area contributed by atoms with Gasteiger partial charge in [-0.25, -0.2) is 13.1 Å². The van der Waals surface area contributed by atoms with E-state index in [2.05, 4.69) is 11.6 Å². The topological polar surface area (TPSA) is 46.2 Å². The molecule has 3 rings (SSSR count). The van der Waals surface area contributed by atoms with Crippen molar-refractivity contribution >= 4 is 10.0 Å². The molecule has 31 heavy (non-hydrogen) atoms. The van der Waals surface area contributed by atoms with Gasteiger partial charge in [-0.05, 0) is 59.7 Å². The van der Waals surface area contributed by atoms with Gasteiger partial charge >= 0.3 is 6.18 Å². The summed E-state index contributed by atoms with van der Waals surface area (Å²) < 4.78 is 65.5. The van der Waals surface area contributed by atoms with Crippen molar-refractivity contribution in [3.05, 3.63) is 96.4 Å². The zero-order chi connectivity index (χ0) is 22.6. The molecule has 3 aromatic rings. The lowest BCUT2D eigenvalue weighted by atomic mass is 9.98. The van der Waals surface area contributed by atoms with Crippen LogP contribution in [0.25, 0.3) is 11.1 Å². The van der Waals surface area contributed by atoms with Crippen LogP contribution in [0.1, 0.15) is 29.5 Å². The first-order valence-corrected chi connectivity index (χ1v) is 11.2. The molecule has 0 saturated heterocycles. The Morgan fingerprint density at radius 2 is 1.52 bits per heavy atom. The summed E-state index contributed by atoms with van der Waals surface area (Å²) in [6.45, 7) is 6.11. The summed E-state index contributed by atoms with van der Waals surface area (Å²) in [5, 5.41) is 0. The number of halogens is 3. The molecular weight excluding hydrogens is 423 g/mol. The highest BCUT2D eigenvalue weighted by molar-refractivity contribution is 7.89. The van der Waals surface area contributed by atoms with Crippen molar-refractivity contribution in [1.29, 1.82) is 0 Å². The Hall–Kier alpha value is -2.64. The van der Waals surface area contributed by atoms with Gasteiger partial charge in [0.1, 0.15) is 0 Å². The molecule has 0 saturated carbocycles. The van der Waals surface area contributed by atoms with Crippen LogP contribution in [0, 0.1) is 6.92 Å². The molecule has 0 bridgehead atoms. The molecule has 1 radical (unpaired) electrons. The van der Waals surface area contributed by atoms with Crippen molar-refractivity contribution < 1.29 is 21.6 Å². The lowest BCUT2D eigenvalue weighted by Crippen LogP contribution is -2.26. The summed E-state index contributed by atoms with van der Waals surface area (Å²) in [6, 6.07) is 19.6. The van der Waals surface area contributed by atoms with E-state index in [4.69, 9.17) is 0 Å². The minimum absolute atomic E-state index is 0.0774. The van der Waals surface area contributed by atoms with Gasteiger partial charge in [-0.2, -0.15) is 13.2 Å². The third kappa shape index (κ3) is 5.95. The zero-order valence-corrected chi connectivity index (χ0v) is 17.8. The monoisotopic (exact) mass is 446 g/mol. The Labute approximate surface area is 181 Å². The largest absolute Gasteiger partial charge is 0.416 e. The van der Waals surface area contributed by atoms with Crippen molar-refractivity contribution in [1.82, 2.24) is 4.72 Å². The van der Waals surface area contributed by atoms with Crippen molar-refractivity contribution in [3.63, 3.8) is 0 Å². The van der Waals surface area contributed by atoms with Crippen LogP contribution in [-0.4, -0.2) is 15.0 Å². The highest BCUT2D eigenvalue weighted by Gasteiger charge is 2.31. The van der Waals surface area contributed by atoms with Gasteiger partial charge in [0, 0.05) is 6.54 Å². The summed E-state index contributed by atoms with van der Waals surface area (Å²) in [7, 11) is -4.03. The van der Waals surface area contributed by atoms with Crippen LogP contribution in [-0.2, 0) is 22.6 Å². The molecule has 0 aliphatic heterocycles. The lowest BCUT2D eigenvalue weighted by Gasteiger charge is -2.11. The fourth-order valence-corrected chi connectivity index (χ4v) is 4.20. The standard InChI is InChI=1S/C24H23F3NO2S/c1-17(2)19-10-12-21(13-11-19)20-8-6-18(7-9-20)14-15-28-31(29,30)23-5-3-4-22(16-23)24(25,26)27/h3-13,16-17,28H,1,14-15H2,2H3. The minimum atomic E-state index is -4.60. The van der Waals surface area contributed by atoms with E-state index < -0.39 is 26.7 Å². The van der Waals surface area contributed by atoms with Gasteiger partial charge in [0.2, 0.25) is 10.0 Å². The number of hydrogen-bond acceptors (Lipinski definition) is 2. The van der Waals surface area contributed by atoms with Crippen LogP contribution < -0.4 is 4.72 Å². The van der Waals surface area contributed by atoms with Crippen LogP contribution in [0.3, 0.4) is 0 Å². The van der Waals surface area contributed by atoms with E-state index in [9.17, 15) is 21.6 Å². The van der Waals surface area contributed by atoms with E-state index in [0.717, 1.165) is 40.5 Å². The van der Waals surface area contributed by atoms with Gasteiger partial charge in [-0.1, -0.05) is 61.5 Å². The maximum Gasteiger partial charge on any atom is 0.416 e. The highest BCUT2D eigenvalue weighted by atomic mass is 32.2. The first-order valence-electron chi connectivity index (χ1n) is 9.75. The second kappa shape index (κ2) is 9.24. The van der Waals surface area contributed by atoms with Crippen molar-refractivity contribution in [2.24, 2.45) is 0 Å². The third-order valence-corrected chi connectivity index (χ3v) is 6.40. The van der Waals surface area contributed by atoms with E-state index in [1.807, 2.05) is 55.5 Å². The molecule has 1 unspecified atom stereocenters. The summed E-state index contributed by atoms with van der Waals surface area (Å²) in [4.78, 5) is -0.405. The molecular formula is C24H23F3NO2S. The predicted octanol–water partition coefficient (Wildman–Crippen LogP) is 5.83. The van der Waals surface area contributed by atoms with E-state index in [1.54, 1.807) is 0 Å². The van der Waals surface area contributed by atoms with Gasteiger partial charge in [0.15, 0.2) is 0 Å². The molecule has 0 aromatic heterocycles. The van der Waals surface area contributed by atoms with Crippen LogP contribution in [0.2, 0.25) is 0 Å². The predicted molar refractivity (Wildman–Crippen MR) is 116 cm³/mol. The maximum absolute atomic E-state index is 12.8. The SMILES string of the molecule is [CH2]C(C)c1ccc(-c2ccc(CCNS(=O)(=O)c3cccc(C(F)(F)F)c3)cc2)cc1. The molecule has 0 amide bonds. The maximum atomic E-state index is 12.8. The number of nitrogens with one attached hydrogen (secondary N) is 1. The summed E-state index contributed by atoms with van der Waals surface area (Å²) in [6.07, 6.45) is -4.18. The van der Waals surface area contributed by atoms with Gasteiger partial charge < -0.3 is 0 Å². The minimum Gasteiger partial charge on any atom is -0.211 e. The van der Waals surface area contributed by atoms with Crippen molar-refractivity contribution in [3.8, 4) is 11.1 Å². The number of rotatable bonds is 7. The van der Waals surface area contributed by atoms with Crippen LogP contribution in [0.5, 0.6) is 0 Å². The number of benzene rings is 3. The van der Waals surface area contributed by atoms with Gasteiger partial charge in [0.25, 0.3) is 0 Å². The Kier molecular flexibility index (Phi) is 6.86. The molecule has 1 atom stereocenters. The Balaban J connectivity index is 1.61. The summed E-state index contributed by atoms with van der Waals surface area (Å²) in [5.41, 5.74) is 3.19. The molecule has 0 spiro atoms. The van der Waals surface area contributed by atoms with Crippen molar-refractivity contribution in [2.45, 2.75) is 30.3 Å². The lowest BCUT2D eigenvalue weighted by molar-refractivity contribution is -0.137. The van der Waals surface area contributed by atoms with E-state index in [1.165, 1.54) is 0 Å². The van der Waals surface area contributed by atoms with Crippen LogP contribution in [0.15, 0.2) is 77.7 Å². The first-order chi connectivity index (χ1) is 14.6. The van der Waals surface area contributed by atoms with Gasteiger partial charge in [0.05, 0.1) is 10.5 Å². The Morgan fingerprint density at radius 1 is 0.935 bits per heavy atom. The smallest absolute Gasteiger partial charge is 0.211 e.